The summed E-state index contributed by atoms with van der Waals surface area (Å²) in [4.78, 5) is 4.81. The maximum Gasteiger partial charge on any atom is 0.243 e. The van der Waals surface area contributed by atoms with Gasteiger partial charge in [-0.05, 0) is 42.0 Å². The van der Waals surface area contributed by atoms with Crippen LogP contribution in [0.3, 0.4) is 0 Å². The first-order chi connectivity index (χ1) is 16.3. The second-order valence-electron chi connectivity index (χ2n) is 7.27. The first-order valence-corrected chi connectivity index (χ1v) is 10.4. The molecule has 4 aromatic rings. The van der Waals surface area contributed by atoms with Crippen LogP contribution in [0.25, 0.3) is 22.5 Å². The van der Waals surface area contributed by atoms with Crippen molar-refractivity contribution in [2.75, 3.05) is 26.3 Å². The van der Waals surface area contributed by atoms with E-state index in [1.807, 2.05) is 66.7 Å². The van der Waals surface area contributed by atoms with Crippen molar-refractivity contribution in [3.8, 4) is 45.5 Å². The minimum absolute atomic E-state index is 0.242. The van der Waals surface area contributed by atoms with Gasteiger partial charge in [0.15, 0.2) is 11.5 Å². The zero-order valence-corrected chi connectivity index (χ0v) is 18.2. The van der Waals surface area contributed by atoms with Gasteiger partial charge in [-0.3, -0.25) is 0 Å². The summed E-state index contributed by atoms with van der Waals surface area (Å²) >= 11 is 0. The van der Waals surface area contributed by atoms with Crippen molar-refractivity contribution in [1.82, 2.24) is 15.2 Å². The Morgan fingerprint density at radius 1 is 0.788 bits per heavy atom. The highest BCUT2D eigenvalue weighted by atomic mass is 16.7. The van der Waals surface area contributed by atoms with Crippen LogP contribution in [0.15, 0.2) is 66.7 Å². The summed E-state index contributed by atoms with van der Waals surface area (Å²) in [5.74, 6) is 3.25. The summed E-state index contributed by atoms with van der Waals surface area (Å²) in [6, 6.07) is 21.1. The van der Waals surface area contributed by atoms with Crippen LogP contribution in [0.5, 0.6) is 23.0 Å². The van der Waals surface area contributed by atoms with Gasteiger partial charge in [-0.2, -0.15) is 0 Å². The first-order valence-electron chi connectivity index (χ1n) is 10.4. The van der Waals surface area contributed by atoms with Gasteiger partial charge in [0, 0.05) is 17.7 Å². The molecule has 8 heteroatoms. The van der Waals surface area contributed by atoms with Crippen LogP contribution in [0.1, 0.15) is 5.56 Å². The Morgan fingerprint density at radius 3 is 2.18 bits per heavy atom. The molecule has 166 valence electrons. The number of nitrogens with zero attached hydrogens (tertiary/aromatic N) is 3. The third-order valence-corrected chi connectivity index (χ3v) is 5.30. The van der Waals surface area contributed by atoms with Gasteiger partial charge in [0.05, 0.1) is 14.2 Å². The van der Waals surface area contributed by atoms with Crippen LogP contribution in [0, 0.1) is 0 Å². The Labute approximate surface area is 191 Å². The van der Waals surface area contributed by atoms with Crippen molar-refractivity contribution in [3.63, 3.8) is 0 Å². The number of anilines is 1. The fourth-order valence-electron chi connectivity index (χ4n) is 3.68. The van der Waals surface area contributed by atoms with Crippen molar-refractivity contribution in [2.45, 2.75) is 6.54 Å². The molecule has 1 aliphatic rings. The van der Waals surface area contributed by atoms with E-state index in [9.17, 15) is 0 Å². The molecule has 2 heterocycles. The van der Waals surface area contributed by atoms with E-state index < -0.39 is 0 Å². The molecule has 0 radical (unpaired) electrons. The Bertz CT molecular complexity index is 1300. The minimum Gasteiger partial charge on any atom is -0.496 e. The molecule has 0 saturated carbocycles. The number of rotatable bonds is 7. The molecular weight excluding hydrogens is 420 g/mol. The smallest absolute Gasteiger partial charge is 0.243 e. The standard InChI is InChI=1S/C25H22N4O4/c1-30-19-9-5-3-7-17(19)23-24(18-8-4-6-10-20(18)31-2)28-29-25(27-23)26-14-16-11-12-21-22(13-16)33-15-32-21/h3-13H,14-15H2,1-2H3,(H,26,27,29). The number of methoxy groups -OCH3 is 2. The fourth-order valence-corrected chi connectivity index (χ4v) is 3.68. The molecular formula is C25H22N4O4. The van der Waals surface area contributed by atoms with Crippen LogP contribution in [-0.2, 0) is 6.54 Å². The molecule has 0 amide bonds. The van der Waals surface area contributed by atoms with E-state index in [0.29, 0.717) is 35.4 Å². The van der Waals surface area contributed by atoms with E-state index in [1.54, 1.807) is 14.2 Å². The van der Waals surface area contributed by atoms with Gasteiger partial charge < -0.3 is 24.3 Å². The van der Waals surface area contributed by atoms with Gasteiger partial charge in [-0.1, -0.05) is 30.3 Å². The third kappa shape index (κ3) is 4.10. The van der Waals surface area contributed by atoms with E-state index in [4.69, 9.17) is 23.9 Å². The van der Waals surface area contributed by atoms with Crippen molar-refractivity contribution in [1.29, 1.82) is 0 Å². The summed E-state index contributed by atoms with van der Waals surface area (Å²) in [7, 11) is 3.26. The van der Waals surface area contributed by atoms with Gasteiger partial charge in [0.1, 0.15) is 22.9 Å². The number of fused-ring (bicyclic) bond motifs is 1. The minimum atomic E-state index is 0.242. The Balaban J connectivity index is 1.53. The number of hydrogen-bond acceptors (Lipinski definition) is 8. The largest absolute Gasteiger partial charge is 0.496 e. The molecule has 33 heavy (non-hydrogen) atoms. The summed E-state index contributed by atoms with van der Waals surface area (Å²) in [6.07, 6.45) is 0. The van der Waals surface area contributed by atoms with E-state index in [1.165, 1.54) is 0 Å². The molecule has 0 saturated heterocycles. The predicted octanol–water partition coefficient (Wildman–Crippen LogP) is 4.56. The van der Waals surface area contributed by atoms with Crippen molar-refractivity contribution < 1.29 is 18.9 Å². The van der Waals surface area contributed by atoms with E-state index >= 15 is 0 Å². The average Bonchev–Trinajstić information content (AvgIpc) is 3.35. The Morgan fingerprint density at radius 2 is 1.45 bits per heavy atom. The predicted molar refractivity (Wildman–Crippen MR) is 124 cm³/mol. The lowest BCUT2D eigenvalue weighted by molar-refractivity contribution is 0.174. The van der Waals surface area contributed by atoms with Crippen molar-refractivity contribution in [3.05, 3.63) is 72.3 Å². The third-order valence-electron chi connectivity index (χ3n) is 5.30. The molecule has 0 fully saturated rings. The SMILES string of the molecule is COc1ccccc1-c1nnc(NCc2ccc3c(c2)OCO3)nc1-c1ccccc1OC. The first kappa shape index (κ1) is 20.6. The highest BCUT2D eigenvalue weighted by Gasteiger charge is 2.19. The average molecular weight is 442 g/mol. The zero-order valence-electron chi connectivity index (χ0n) is 18.2. The lowest BCUT2D eigenvalue weighted by Crippen LogP contribution is -2.07. The molecule has 0 bridgehead atoms. The van der Waals surface area contributed by atoms with Crippen LogP contribution in [-0.4, -0.2) is 36.2 Å². The summed E-state index contributed by atoms with van der Waals surface area (Å²) < 4.78 is 22.0. The normalized spacial score (nSPS) is 11.8. The number of benzene rings is 3. The van der Waals surface area contributed by atoms with Gasteiger partial charge in [0.2, 0.25) is 12.7 Å². The molecule has 1 N–H and O–H groups in total. The van der Waals surface area contributed by atoms with Crippen molar-refractivity contribution in [2.24, 2.45) is 0 Å². The molecule has 0 atom stereocenters. The summed E-state index contributed by atoms with van der Waals surface area (Å²) in [5.41, 5.74) is 3.85. The second kappa shape index (κ2) is 9.04. The van der Waals surface area contributed by atoms with Crippen LogP contribution < -0.4 is 24.3 Å². The lowest BCUT2D eigenvalue weighted by Gasteiger charge is -2.14. The number of ether oxygens (including phenoxy) is 4. The van der Waals surface area contributed by atoms with Gasteiger partial charge in [-0.15, -0.1) is 10.2 Å². The van der Waals surface area contributed by atoms with Gasteiger partial charge >= 0.3 is 0 Å². The second-order valence-corrected chi connectivity index (χ2v) is 7.27. The number of aromatic nitrogens is 3. The molecule has 0 spiro atoms. The van der Waals surface area contributed by atoms with Gasteiger partial charge in [-0.25, -0.2) is 4.98 Å². The topological polar surface area (TPSA) is 87.6 Å². The molecule has 1 aliphatic heterocycles. The monoisotopic (exact) mass is 442 g/mol. The van der Waals surface area contributed by atoms with Crippen molar-refractivity contribution >= 4 is 5.95 Å². The highest BCUT2D eigenvalue weighted by Crippen LogP contribution is 2.38. The number of hydrogen-bond donors (Lipinski definition) is 1. The molecule has 8 nitrogen and oxygen atoms in total. The quantitative estimate of drug-likeness (QED) is 0.446. The summed E-state index contributed by atoms with van der Waals surface area (Å²) in [6.45, 7) is 0.740. The molecule has 0 unspecified atom stereocenters. The molecule has 5 rings (SSSR count). The molecule has 0 aliphatic carbocycles. The van der Waals surface area contributed by atoms with Crippen LogP contribution in [0.4, 0.5) is 5.95 Å². The Kier molecular flexibility index (Phi) is 5.63. The maximum absolute atomic E-state index is 5.59. The van der Waals surface area contributed by atoms with E-state index in [2.05, 4.69) is 15.5 Å². The summed E-state index contributed by atoms with van der Waals surface area (Å²) in [5, 5.41) is 12.1. The molecule has 3 aromatic carbocycles. The highest BCUT2D eigenvalue weighted by molar-refractivity contribution is 5.83. The van der Waals surface area contributed by atoms with Gasteiger partial charge in [0.25, 0.3) is 0 Å². The maximum atomic E-state index is 5.59. The van der Waals surface area contributed by atoms with Crippen LogP contribution in [0.2, 0.25) is 0 Å². The van der Waals surface area contributed by atoms with E-state index in [-0.39, 0.29) is 6.79 Å². The molecule has 1 aromatic heterocycles. The Hall–Kier alpha value is -4.33. The fraction of sp³-hybridized carbons (Fsp3) is 0.160. The number of para-hydroxylation sites is 2. The lowest BCUT2D eigenvalue weighted by atomic mass is 10.0. The van der Waals surface area contributed by atoms with E-state index in [0.717, 1.165) is 28.2 Å². The zero-order chi connectivity index (χ0) is 22.6. The number of nitrogens with one attached hydrogen (secondary N) is 1. The van der Waals surface area contributed by atoms with Crippen LogP contribution >= 0.6 is 0 Å².